The number of carbonyl (C=O) groups is 1. The molecule has 19 heavy (non-hydrogen) atoms. The SMILES string of the molecule is Nc1ncc(F)cc1C(=O)Nc1cc(F)ccc1F. The fraction of sp³-hybridized carbons (Fsp3) is 0. The largest absolute Gasteiger partial charge is 0.383 e. The summed E-state index contributed by atoms with van der Waals surface area (Å²) in [5.74, 6) is -3.40. The molecule has 0 atom stereocenters. The molecule has 0 aliphatic carbocycles. The zero-order valence-corrected chi connectivity index (χ0v) is 9.45. The average molecular weight is 267 g/mol. The van der Waals surface area contributed by atoms with Gasteiger partial charge in [0.15, 0.2) is 0 Å². The third-order valence-corrected chi connectivity index (χ3v) is 2.31. The van der Waals surface area contributed by atoms with E-state index in [1.54, 1.807) is 0 Å². The number of nitrogens with zero attached hydrogens (tertiary/aromatic N) is 1. The van der Waals surface area contributed by atoms with E-state index in [-0.39, 0.29) is 17.1 Å². The molecule has 1 heterocycles. The van der Waals surface area contributed by atoms with E-state index in [4.69, 9.17) is 5.73 Å². The van der Waals surface area contributed by atoms with Gasteiger partial charge in [-0.2, -0.15) is 0 Å². The van der Waals surface area contributed by atoms with Gasteiger partial charge in [-0.25, -0.2) is 18.2 Å². The summed E-state index contributed by atoms with van der Waals surface area (Å²) in [7, 11) is 0. The Morgan fingerprint density at radius 2 is 1.89 bits per heavy atom. The summed E-state index contributed by atoms with van der Waals surface area (Å²) in [6.07, 6.45) is 0.842. The Hall–Kier alpha value is -2.57. The van der Waals surface area contributed by atoms with Gasteiger partial charge in [0, 0.05) is 6.07 Å². The van der Waals surface area contributed by atoms with Crippen LogP contribution in [0.3, 0.4) is 0 Å². The van der Waals surface area contributed by atoms with Crippen molar-refractivity contribution < 1.29 is 18.0 Å². The number of pyridine rings is 1. The molecular weight excluding hydrogens is 259 g/mol. The minimum atomic E-state index is -0.881. The number of nitrogens with one attached hydrogen (secondary N) is 1. The van der Waals surface area contributed by atoms with Crippen molar-refractivity contribution in [2.45, 2.75) is 0 Å². The molecule has 0 saturated heterocycles. The van der Waals surface area contributed by atoms with Gasteiger partial charge in [0.05, 0.1) is 17.4 Å². The number of anilines is 2. The van der Waals surface area contributed by atoms with Crippen molar-refractivity contribution in [3.05, 3.63) is 53.5 Å². The molecule has 0 unspecified atom stereocenters. The van der Waals surface area contributed by atoms with E-state index in [9.17, 15) is 18.0 Å². The van der Waals surface area contributed by atoms with E-state index in [0.717, 1.165) is 30.5 Å². The van der Waals surface area contributed by atoms with Gasteiger partial charge in [0.2, 0.25) is 0 Å². The van der Waals surface area contributed by atoms with Crippen molar-refractivity contribution in [3.63, 3.8) is 0 Å². The molecular formula is C12H8F3N3O. The molecule has 0 spiro atoms. The maximum atomic E-state index is 13.3. The number of halogens is 3. The molecule has 0 fully saturated rings. The molecule has 0 aliphatic heterocycles. The molecule has 0 bridgehead atoms. The molecule has 0 saturated carbocycles. The summed E-state index contributed by atoms with van der Waals surface area (Å²) in [5, 5.41) is 2.09. The Bertz CT molecular complexity index is 646. The van der Waals surface area contributed by atoms with E-state index < -0.39 is 23.4 Å². The number of amides is 1. The van der Waals surface area contributed by atoms with Gasteiger partial charge in [0.1, 0.15) is 23.3 Å². The van der Waals surface area contributed by atoms with Crippen LogP contribution in [-0.4, -0.2) is 10.9 Å². The molecule has 1 aromatic carbocycles. The van der Waals surface area contributed by atoms with Gasteiger partial charge in [-0.1, -0.05) is 0 Å². The smallest absolute Gasteiger partial charge is 0.259 e. The van der Waals surface area contributed by atoms with Crippen molar-refractivity contribution in [1.29, 1.82) is 0 Å². The van der Waals surface area contributed by atoms with Crippen LogP contribution < -0.4 is 11.1 Å². The summed E-state index contributed by atoms with van der Waals surface area (Å²) < 4.78 is 39.2. The van der Waals surface area contributed by atoms with Crippen LogP contribution in [0.5, 0.6) is 0 Å². The lowest BCUT2D eigenvalue weighted by molar-refractivity contribution is 0.102. The van der Waals surface area contributed by atoms with E-state index in [2.05, 4.69) is 10.3 Å². The number of carbonyl (C=O) groups excluding carboxylic acids is 1. The van der Waals surface area contributed by atoms with E-state index >= 15 is 0 Å². The highest BCUT2D eigenvalue weighted by atomic mass is 19.1. The van der Waals surface area contributed by atoms with Crippen molar-refractivity contribution in [1.82, 2.24) is 4.98 Å². The summed E-state index contributed by atoms with van der Waals surface area (Å²) in [4.78, 5) is 15.2. The van der Waals surface area contributed by atoms with Crippen molar-refractivity contribution in [2.24, 2.45) is 0 Å². The summed E-state index contributed by atoms with van der Waals surface area (Å²) in [6, 6.07) is 3.42. The lowest BCUT2D eigenvalue weighted by Crippen LogP contribution is -2.16. The molecule has 2 rings (SSSR count). The second kappa shape index (κ2) is 4.97. The zero-order valence-electron chi connectivity index (χ0n) is 9.45. The van der Waals surface area contributed by atoms with Crippen LogP contribution in [0.4, 0.5) is 24.7 Å². The lowest BCUT2D eigenvalue weighted by atomic mass is 10.2. The zero-order chi connectivity index (χ0) is 14.0. The second-order valence-corrected chi connectivity index (χ2v) is 3.66. The van der Waals surface area contributed by atoms with Gasteiger partial charge in [-0.05, 0) is 18.2 Å². The molecule has 7 heteroatoms. The predicted molar refractivity (Wildman–Crippen MR) is 62.9 cm³/mol. The topological polar surface area (TPSA) is 68.0 Å². The van der Waals surface area contributed by atoms with E-state index in [1.165, 1.54) is 0 Å². The van der Waals surface area contributed by atoms with Crippen LogP contribution in [0.15, 0.2) is 30.5 Å². The highest BCUT2D eigenvalue weighted by molar-refractivity contribution is 6.07. The Morgan fingerprint density at radius 1 is 1.16 bits per heavy atom. The van der Waals surface area contributed by atoms with Crippen LogP contribution in [0.2, 0.25) is 0 Å². The maximum Gasteiger partial charge on any atom is 0.259 e. The molecule has 0 aliphatic rings. The quantitative estimate of drug-likeness (QED) is 0.877. The maximum absolute atomic E-state index is 13.3. The van der Waals surface area contributed by atoms with Crippen molar-refractivity contribution in [2.75, 3.05) is 11.1 Å². The van der Waals surface area contributed by atoms with Gasteiger partial charge in [-0.3, -0.25) is 4.79 Å². The van der Waals surface area contributed by atoms with Gasteiger partial charge < -0.3 is 11.1 Å². The standard InChI is InChI=1S/C12H8F3N3O/c13-6-1-2-9(15)10(4-6)18-12(19)8-3-7(14)5-17-11(8)16/h1-5H,(H2,16,17)(H,18,19). The highest BCUT2D eigenvalue weighted by Crippen LogP contribution is 2.18. The number of rotatable bonds is 2. The number of hydrogen-bond donors (Lipinski definition) is 2. The molecule has 1 aromatic heterocycles. The molecule has 1 amide bonds. The van der Waals surface area contributed by atoms with Crippen molar-refractivity contribution in [3.8, 4) is 0 Å². The fourth-order valence-corrected chi connectivity index (χ4v) is 1.41. The van der Waals surface area contributed by atoms with Gasteiger partial charge >= 0.3 is 0 Å². The van der Waals surface area contributed by atoms with Crippen LogP contribution in [0.25, 0.3) is 0 Å². The first-order chi connectivity index (χ1) is 8.97. The van der Waals surface area contributed by atoms with Crippen LogP contribution in [0.1, 0.15) is 10.4 Å². The highest BCUT2D eigenvalue weighted by Gasteiger charge is 2.14. The molecule has 0 radical (unpaired) electrons. The monoisotopic (exact) mass is 267 g/mol. The Labute approximate surface area is 106 Å². The minimum absolute atomic E-state index is 0.212. The third kappa shape index (κ3) is 2.82. The summed E-state index contributed by atoms with van der Waals surface area (Å²) >= 11 is 0. The number of nitrogens with two attached hydrogens (primary N) is 1. The molecule has 3 N–H and O–H groups in total. The average Bonchev–Trinajstić information content (AvgIpc) is 2.36. The Kier molecular flexibility index (Phi) is 3.37. The van der Waals surface area contributed by atoms with Crippen LogP contribution >= 0.6 is 0 Å². The lowest BCUT2D eigenvalue weighted by Gasteiger charge is -2.08. The Balaban J connectivity index is 2.30. The van der Waals surface area contributed by atoms with Gasteiger partial charge in [-0.15, -0.1) is 0 Å². The number of aromatic nitrogens is 1. The fourth-order valence-electron chi connectivity index (χ4n) is 1.41. The molecule has 98 valence electrons. The summed E-state index contributed by atoms with van der Waals surface area (Å²) in [6.45, 7) is 0. The number of nitrogen functional groups attached to an aromatic ring is 1. The first-order valence-electron chi connectivity index (χ1n) is 5.15. The van der Waals surface area contributed by atoms with E-state index in [1.807, 2.05) is 0 Å². The third-order valence-electron chi connectivity index (χ3n) is 2.31. The predicted octanol–water partition coefficient (Wildman–Crippen LogP) is 2.33. The first-order valence-corrected chi connectivity index (χ1v) is 5.15. The number of hydrogen-bond acceptors (Lipinski definition) is 3. The van der Waals surface area contributed by atoms with Crippen LogP contribution in [0, 0.1) is 17.5 Å². The van der Waals surface area contributed by atoms with Crippen molar-refractivity contribution >= 4 is 17.4 Å². The first kappa shape index (κ1) is 12.9. The molecule has 4 nitrogen and oxygen atoms in total. The second-order valence-electron chi connectivity index (χ2n) is 3.66. The minimum Gasteiger partial charge on any atom is -0.383 e. The number of benzene rings is 1. The normalized spacial score (nSPS) is 10.3. The van der Waals surface area contributed by atoms with Crippen LogP contribution in [-0.2, 0) is 0 Å². The van der Waals surface area contributed by atoms with E-state index in [0.29, 0.717) is 0 Å². The Morgan fingerprint density at radius 3 is 2.63 bits per heavy atom. The molecule has 2 aromatic rings. The summed E-state index contributed by atoms with van der Waals surface area (Å²) in [5.41, 5.74) is 4.78. The van der Waals surface area contributed by atoms with Gasteiger partial charge in [0.25, 0.3) is 5.91 Å².